The van der Waals surface area contributed by atoms with Crippen LogP contribution in [0.3, 0.4) is 0 Å². The van der Waals surface area contributed by atoms with Gasteiger partial charge in [-0.15, -0.1) is 0 Å². The highest BCUT2D eigenvalue weighted by atomic mass is 16.5. The molecule has 2 N–H and O–H groups in total. The van der Waals surface area contributed by atoms with E-state index in [1.807, 2.05) is 60.7 Å². The van der Waals surface area contributed by atoms with E-state index in [1.165, 1.54) is 6.92 Å². The van der Waals surface area contributed by atoms with Crippen LogP contribution in [0.5, 0.6) is 0 Å². The summed E-state index contributed by atoms with van der Waals surface area (Å²) in [6, 6.07) is 20.6. The minimum absolute atomic E-state index is 0.162. The van der Waals surface area contributed by atoms with Gasteiger partial charge in [0.25, 0.3) is 5.91 Å². The van der Waals surface area contributed by atoms with E-state index < -0.39 is 18.0 Å². The van der Waals surface area contributed by atoms with Gasteiger partial charge in [-0.05, 0) is 24.4 Å². The summed E-state index contributed by atoms with van der Waals surface area (Å²) in [6.45, 7) is 1.53. The second kappa shape index (κ2) is 6.92. The Morgan fingerprint density at radius 3 is 2.52 bits per heavy atom. The number of aromatic nitrogens is 2. The summed E-state index contributed by atoms with van der Waals surface area (Å²) in [5, 5.41) is 12.2. The van der Waals surface area contributed by atoms with Crippen molar-refractivity contribution in [2.24, 2.45) is 0 Å². The van der Waals surface area contributed by atoms with Crippen molar-refractivity contribution in [3.63, 3.8) is 0 Å². The third kappa shape index (κ3) is 3.25. The molecule has 27 heavy (non-hydrogen) atoms. The molecule has 4 rings (SSSR count). The maximum absolute atomic E-state index is 12.5. The number of para-hydroxylation sites is 1. The van der Waals surface area contributed by atoms with Crippen LogP contribution in [0.4, 0.5) is 5.69 Å². The fraction of sp³-hybridized carbons (Fsp3) is 0.0952. The lowest BCUT2D eigenvalue weighted by Crippen LogP contribution is -2.30. The quantitative estimate of drug-likeness (QED) is 0.541. The summed E-state index contributed by atoms with van der Waals surface area (Å²) in [6.07, 6.45) is -0.966. The Balaban J connectivity index is 1.50. The number of fused-ring (bicyclic) bond motifs is 2. The summed E-state index contributed by atoms with van der Waals surface area (Å²) in [4.78, 5) is 24.9. The molecule has 1 atom stereocenters. The van der Waals surface area contributed by atoms with E-state index in [0.717, 1.165) is 16.3 Å². The topological polar surface area (TPSA) is 84.1 Å². The van der Waals surface area contributed by atoms with Crippen molar-refractivity contribution in [2.75, 3.05) is 5.32 Å². The second-order valence-corrected chi connectivity index (χ2v) is 6.18. The van der Waals surface area contributed by atoms with Crippen molar-refractivity contribution in [3.8, 4) is 0 Å². The highest BCUT2D eigenvalue weighted by Crippen LogP contribution is 2.23. The number of anilines is 1. The molecule has 3 aromatic carbocycles. The molecule has 1 heterocycles. The third-order valence-electron chi connectivity index (χ3n) is 4.36. The van der Waals surface area contributed by atoms with Gasteiger partial charge in [0.1, 0.15) is 0 Å². The van der Waals surface area contributed by atoms with E-state index in [4.69, 9.17) is 4.74 Å². The minimum atomic E-state index is -0.966. The number of carbonyl (C=O) groups excluding carboxylic acids is 2. The number of nitrogens with zero attached hydrogens (tertiary/aromatic N) is 1. The Kier molecular flexibility index (Phi) is 4.30. The lowest BCUT2D eigenvalue weighted by Gasteiger charge is -2.14. The standard InChI is InChI=1S/C21H17N3O3/c1-13(27-21(26)19-16-10-4-5-11-18(16)23-24-19)20(25)22-17-12-6-8-14-7-2-3-9-15(14)17/h2-13H,1H3,(H,22,25)(H,23,24)/t13-/m1/s1. The number of hydrogen-bond donors (Lipinski definition) is 2. The summed E-state index contributed by atoms with van der Waals surface area (Å²) < 4.78 is 5.32. The lowest BCUT2D eigenvalue weighted by atomic mass is 10.1. The Hall–Kier alpha value is -3.67. The van der Waals surface area contributed by atoms with Gasteiger partial charge in [-0.2, -0.15) is 5.10 Å². The molecule has 6 heteroatoms. The van der Waals surface area contributed by atoms with Crippen molar-refractivity contribution in [3.05, 3.63) is 72.4 Å². The smallest absolute Gasteiger partial charge is 0.360 e. The van der Waals surface area contributed by atoms with E-state index in [-0.39, 0.29) is 5.69 Å². The minimum Gasteiger partial charge on any atom is -0.448 e. The molecule has 0 fully saturated rings. The van der Waals surface area contributed by atoms with Crippen LogP contribution in [0.15, 0.2) is 66.7 Å². The molecule has 1 amide bonds. The Labute approximate surface area is 155 Å². The fourth-order valence-corrected chi connectivity index (χ4v) is 2.96. The van der Waals surface area contributed by atoms with Crippen LogP contribution in [-0.4, -0.2) is 28.2 Å². The van der Waals surface area contributed by atoms with Gasteiger partial charge in [0.2, 0.25) is 0 Å². The molecule has 0 aliphatic carbocycles. The normalized spacial score (nSPS) is 12.0. The number of H-pyrrole nitrogens is 1. The molecule has 0 bridgehead atoms. The number of aromatic amines is 1. The van der Waals surface area contributed by atoms with Gasteiger partial charge in [0.05, 0.1) is 5.52 Å². The average molecular weight is 359 g/mol. The van der Waals surface area contributed by atoms with Crippen LogP contribution in [0.25, 0.3) is 21.7 Å². The molecule has 0 aliphatic heterocycles. The van der Waals surface area contributed by atoms with E-state index in [9.17, 15) is 9.59 Å². The first kappa shape index (κ1) is 16.8. The molecule has 6 nitrogen and oxygen atoms in total. The molecule has 0 radical (unpaired) electrons. The number of amides is 1. The largest absolute Gasteiger partial charge is 0.448 e. The first-order valence-electron chi connectivity index (χ1n) is 8.56. The highest BCUT2D eigenvalue weighted by Gasteiger charge is 2.22. The van der Waals surface area contributed by atoms with Crippen LogP contribution in [0.2, 0.25) is 0 Å². The van der Waals surface area contributed by atoms with Gasteiger partial charge in [0.15, 0.2) is 11.8 Å². The van der Waals surface area contributed by atoms with E-state index >= 15 is 0 Å². The van der Waals surface area contributed by atoms with Crippen LogP contribution < -0.4 is 5.32 Å². The number of hydrogen-bond acceptors (Lipinski definition) is 4. The number of nitrogens with one attached hydrogen (secondary N) is 2. The number of esters is 1. The molecule has 1 aromatic heterocycles. The summed E-state index contributed by atoms with van der Waals surface area (Å²) in [5.74, 6) is -1.05. The van der Waals surface area contributed by atoms with Crippen molar-refractivity contribution < 1.29 is 14.3 Å². The molecule has 4 aromatic rings. The molecule has 0 aliphatic rings. The maximum atomic E-state index is 12.5. The highest BCUT2D eigenvalue weighted by molar-refractivity contribution is 6.06. The van der Waals surface area contributed by atoms with Crippen LogP contribution in [-0.2, 0) is 9.53 Å². The molecule has 134 valence electrons. The summed E-state index contributed by atoms with van der Waals surface area (Å²) in [5.41, 5.74) is 1.57. The average Bonchev–Trinajstić information content (AvgIpc) is 3.12. The Morgan fingerprint density at radius 1 is 0.963 bits per heavy atom. The van der Waals surface area contributed by atoms with Gasteiger partial charge in [-0.3, -0.25) is 9.89 Å². The monoisotopic (exact) mass is 359 g/mol. The third-order valence-corrected chi connectivity index (χ3v) is 4.36. The first-order chi connectivity index (χ1) is 13.1. The van der Waals surface area contributed by atoms with Gasteiger partial charge >= 0.3 is 5.97 Å². The summed E-state index contributed by atoms with van der Waals surface area (Å²) in [7, 11) is 0. The van der Waals surface area contributed by atoms with E-state index in [2.05, 4.69) is 15.5 Å². The lowest BCUT2D eigenvalue weighted by molar-refractivity contribution is -0.123. The van der Waals surface area contributed by atoms with Gasteiger partial charge < -0.3 is 10.1 Å². The van der Waals surface area contributed by atoms with Gasteiger partial charge in [0, 0.05) is 16.5 Å². The number of ether oxygens (including phenoxy) is 1. The predicted molar refractivity (Wildman–Crippen MR) is 104 cm³/mol. The maximum Gasteiger partial charge on any atom is 0.360 e. The molecular formula is C21H17N3O3. The Morgan fingerprint density at radius 2 is 1.67 bits per heavy atom. The zero-order valence-electron chi connectivity index (χ0n) is 14.6. The number of rotatable bonds is 4. The Bertz CT molecular complexity index is 1140. The second-order valence-electron chi connectivity index (χ2n) is 6.18. The van der Waals surface area contributed by atoms with Gasteiger partial charge in [-0.1, -0.05) is 54.6 Å². The molecule has 0 saturated carbocycles. The number of benzene rings is 3. The summed E-state index contributed by atoms with van der Waals surface area (Å²) >= 11 is 0. The first-order valence-corrected chi connectivity index (χ1v) is 8.56. The van der Waals surface area contributed by atoms with Crippen LogP contribution in [0, 0.1) is 0 Å². The van der Waals surface area contributed by atoms with Crippen molar-refractivity contribution in [1.82, 2.24) is 10.2 Å². The van der Waals surface area contributed by atoms with Crippen molar-refractivity contribution >= 4 is 39.2 Å². The predicted octanol–water partition coefficient (Wildman–Crippen LogP) is 3.90. The van der Waals surface area contributed by atoms with Crippen LogP contribution >= 0.6 is 0 Å². The molecule has 0 unspecified atom stereocenters. The zero-order chi connectivity index (χ0) is 18.8. The van der Waals surface area contributed by atoms with Gasteiger partial charge in [-0.25, -0.2) is 4.79 Å². The SMILES string of the molecule is C[C@@H](OC(=O)c1n[nH]c2ccccc12)C(=O)Nc1cccc2ccccc12. The zero-order valence-corrected chi connectivity index (χ0v) is 14.6. The van der Waals surface area contributed by atoms with E-state index in [0.29, 0.717) is 11.1 Å². The van der Waals surface area contributed by atoms with Crippen molar-refractivity contribution in [2.45, 2.75) is 13.0 Å². The van der Waals surface area contributed by atoms with E-state index in [1.54, 1.807) is 6.07 Å². The van der Waals surface area contributed by atoms with Crippen molar-refractivity contribution in [1.29, 1.82) is 0 Å². The molecule has 0 saturated heterocycles. The molecule has 0 spiro atoms. The van der Waals surface area contributed by atoms with Crippen LogP contribution in [0.1, 0.15) is 17.4 Å². The fourth-order valence-electron chi connectivity index (χ4n) is 2.96. The number of carbonyl (C=O) groups is 2. The molecular weight excluding hydrogens is 342 g/mol.